The Labute approximate surface area is 70.2 Å². The fraction of sp³-hybridized carbons (Fsp3) is 0.429. The van der Waals surface area contributed by atoms with Crippen molar-refractivity contribution in [3.8, 4) is 0 Å². The molecule has 12 heavy (non-hydrogen) atoms. The molecule has 0 rings (SSSR count). The summed E-state index contributed by atoms with van der Waals surface area (Å²) < 4.78 is 0. The minimum Gasteiger partial charge on any atom is -0.480 e. The Bertz CT molecular complexity index is 201. The summed E-state index contributed by atoms with van der Waals surface area (Å²) in [5.41, 5.74) is 5.02. The molecule has 1 atom stereocenters. The second kappa shape index (κ2) is 5.17. The highest BCUT2D eigenvalue weighted by Gasteiger charge is 2.15. The first kappa shape index (κ1) is 10.5. The molecule has 0 bridgehead atoms. The van der Waals surface area contributed by atoms with Gasteiger partial charge in [-0.2, -0.15) is 0 Å². The minimum atomic E-state index is -1.07. The lowest BCUT2D eigenvalue weighted by atomic mass is 10.2. The molecule has 0 heterocycles. The summed E-state index contributed by atoms with van der Waals surface area (Å²) in [6.45, 7) is 1.27. The van der Waals surface area contributed by atoms with Gasteiger partial charge in [0.2, 0.25) is 5.91 Å². The van der Waals surface area contributed by atoms with Gasteiger partial charge >= 0.3 is 5.97 Å². The molecule has 5 heteroatoms. The van der Waals surface area contributed by atoms with Crippen molar-refractivity contribution in [3.63, 3.8) is 0 Å². The van der Waals surface area contributed by atoms with Crippen molar-refractivity contribution in [2.45, 2.75) is 19.4 Å². The van der Waals surface area contributed by atoms with Crippen LogP contribution in [0.3, 0.4) is 0 Å². The topological polar surface area (TPSA) is 92.4 Å². The smallest absolute Gasteiger partial charge is 0.326 e. The molecule has 0 aromatic carbocycles. The van der Waals surface area contributed by atoms with Crippen molar-refractivity contribution in [3.05, 3.63) is 12.3 Å². The van der Waals surface area contributed by atoms with Gasteiger partial charge < -0.3 is 16.2 Å². The van der Waals surface area contributed by atoms with Crippen LogP contribution in [-0.4, -0.2) is 23.0 Å². The van der Waals surface area contributed by atoms with Crippen LogP contribution < -0.4 is 11.1 Å². The van der Waals surface area contributed by atoms with E-state index in [-0.39, 0.29) is 12.3 Å². The highest BCUT2D eigenvalue weighted by atomic mass is 16.4. The van der Waals surface area contributed by atoms with E-state index in [0.717, 1.165) is 0 Å². The highest BCUT2D eigenvalue weighted by molar-refractivity contribution is 5.82. The Morgan fingerprint density at radius 3 is 2.58 bits per heavy atom. The monoisotopic (exact) mass is 172 g/mol. The molecule has 0 fully saturated rings. The molecule has 5 nitrogen and oxygen atoms in total. The fourth-order valence-corrected chi connectivity index (χ4v) is 0.681. The largest absolute Gasteiger partial charge is 0.480 e. The average Bonchev–Trinajstić information content (AvgIpc) is 1.96. The number of nitrogens with two attached hydrogens (primary N) is 1. The lowest BCUT2D eigenvalue weighted by Gasteiger charge is -2.09. The van der Waals surface area contributed by atoms with Crippen LogP contribution in [0.25, 0.3) is 0 Å². The first-order valence-corrected chi connectivity index (χ1v) is 3.44. The van der Waals surface area contributed by atoms with Gasteiger partial charge in [0.05, 0.1) is 0 Å². The molecular formula is C7H12N2O3. The molecule has 0 aromatic heterocycles. The van der Waals surface area contributed by atoms with Crippen LogP contribution in [0, 0.1) is 0 Å². The molecule has 0 aliphatic carbocycles. The van der Waals surface area contributed by atoms with Gasteiger partial charge in [0.15, 0.2) is 0 Å². The summed E-state index contributed by atoms with van der Waals surface area (Å²) >= 11 is 0. The summed E-state index contributed by atoms with van der Waals surface area (Å²) in [6, 6.07) is -0.887. The number of nitrogens with one attached hydrogen (secondary N) is 1. The summed E-state index contributed by atoms with van der Waals surface area (Å²) in [6.07, 6.45) is 2.93. The Morgan fingerprint density at radius 1 is 1.67 bits per heavy atom. The Hall–Kier alpha value is -1.52. The van der Waals surface area contributed by atoms with E-state index in [9.17, 15) is 9.59 Å². The Morgan fingerprint density at radius 2 is 2.25 bits per heavy atom. The van der Waals surface area contributed by atoms with E-state index in [1.807, 2.05) is 0 Å². The van der Waals surface area contributed by atoms with E-state index in [1.54, 1.807) is 0 Å². The predicted molar refractivity (Wildman–Crippen MR) is 43.2 cm³/mol. The quantitative estimate of drug-likeness (QED) is 0.530. The van der Waals surface area contributed by atoms with Crippen LogP contribution in [0.15, 0.2) is 12.3 Å². The highest BCUT2D eigenvalue weighted by Crippen LogP contribution is 1.93. The van der Waals surface area contributed by atoms with Gasteiger partial charge in [0.1, 0.15) is 6.04 Å². The number of rotatable bonds is 4. The number of carbonyl (C=O) groups is 2. The maximum absolute atomic E-state index is 10.5. The fourth-order valence-electron chi connectivity index (χ4n) is 0.681. The van der Waals surface area contributed by atoms with E-state index in [1.165, 1.54) is 19.2 Å². The van der Waals surface area contributed by atoms with Crippen molar-refractivity contribution in [2.75, 3.05) is 0 Å². The molecular weight excluding hydrogens is 160 g/mol. The lowest BCUT2D eigenvalue weighted by molar-refractivity contribution is -0.141. The summed E-state index contributed by atoms with van der Waals surface area (Å²) in [4.78, 5) is 20.9. The summed E-state index contributed by atoms with van der Waals surface area (Å²) in [5.74, 6) is -1.43. The number of hydrogen-bond donors (Lipinski definition) is 3. The molecule has 0 spiro atoms. The molecule has 4 N–H and O–H groups in total. The van der Waals surface area contributed by atoms with Crippen LogP contribution in [0.5, 0.6) is 0 Å². The third kappa shape index (κ3) is 4.32. The van der Waals surface area contributed by atoms with E-state index in [2.05, 4.69) is 5.32 Å². The van der Waals surface area contributed by atoms with E-state index in [0.29, 0.717) is 0 Å². The SMILES string of the molecule is CC(=O)N[C@@H](CC=CN)C(=O)O. The van der Waals surface area contributed by atoms with Gasteiger partial charge in [0.25, 0.3) is 0 Å². The zero-order valence-corrected chi connectivity index (χ0v) is 6.78. The number of carboxylic acids is 1. The Kier molecular flexibility index (Phi) is 4.52. The van der Waals surface area contributed by atoms with Crippen LogP contribution in [0.1, 0.15) is 13.3 Å². The van der Waals surface area contributed by atoms with Gasteiger partial charge in [-0.25, -0.2) is 4.79 Å². The second-order valence-electron chi connectivity index (χ2n) is 2.26. The molecule has 1 amide bonds. The number of hydrogen-bond acceptors (Lipinski definition) is 3. The van der Waals surface area contributed by atoms with Gasteiger partial charge in [-0.3, -0.25) is 4.79 Å². The van der Waals surface area contributed by atoms with Crippen molar-refractivity contribution in [2.24, 2.45) is 5.73 Å². The van der Waals surface area contributed by atoms with Gasteiger partial charge in [-0.05, 0) is 12.6 Å². The van der Waals surface area contributed by atoms with E-state index in [4.69, 9.17) is 10.8 Å². The third-order valence-electron chi connectivity index (χ3n) is 1.18. The van der Waals surface area contributed by atoms with Crippen molar-refractivity contribution < 1.29 is 14.7 Å². The van der Waals surface area contributed by atoms with Gasteiger partial charge in [-0.15, -0.1) is 0 Å². The number of carbonyl (C=O) groups excluding carboxylic acids is 1. The molecule has 0 aliphatic heterocycles. The number of carboxylic acid groups (broad SMARTS) is 1. The normalized spacial score (nSPS) is 12.8. The summed E-state index contributed by atoms with van der Waals surface area (Å²) in [7, 11) is 0. The molecule has 0 aliphatic rings. The second-order valence-corrected chi connectivity index (χ2v) is 2.26. The predicted octanol–water partition coefficient (Wildman–Crippen LogP) is -0.562. The maximum atomic E-state index is 10.5. The molecule has 0 saturated heterocycles. The number of aliphatic carboxylic acids is 1. The average molecular weight is 172 g/mol. The summed E-state index contributed by atoms with van der Waals surface area (Å²) in [5, 5.41) is 10.8. The molecule has 0 unspecified atom stereocenters. The van der Waals surface area contributed by atoms with Gasteiger partial charge in [-0.1, -0.05) is 6.08 Å². The van der Waals surface area contributed by atoms with Crippen LogP contribution in [0.4, 0.5) is 0 Å². The van der Waals surface area contributed by atoms with Crippen LogP contribution in [-0.2, 0) is 9.59 Å². The Balaban J connectivity index is 4.04. The van der Waals surface area contributed by atoms with E-state index < -0.39 is 12.0 Å². The van der Waals surface area contributed by atoms with Crippen molar-refractivity contribution in [1.82, 2.24) is 5.32 Å². The van der Waals surface area contributed by atoms with Crippen LogP contribution in [0.2, 0.25) is 0 Å². The molecule has 68 valence electrons. The molecule has 0 aromatic rings. The standard InChI is InChI=1S/C7H12N2O3/c1-5(10)9-6(7(11)12)3-2-4-8/h2,4,6H,3,8H2,1H3,(H,9,10)(H,11,12)/t6-/m0/s1. The van der Waals surface area contributed by atoms with Crippen molar-refractivity contribution >= 4 is 11.9 Å². The first-order valence-electron chi connectivity index (χ1n) is 3.44. The number of amides is 1. The minimum absolute atomic E-state index is 0.200. The molecule has 0 radical (unpaired) electrons. The third-order valence-corrected chi connectivity index (χ3v) is 1.18. The first-order chi connectivity index (χ1) is 5.57. The maximum Gasteiger partial charge on any atom is 0.326 e. The van der Waals surface area contributed by atoms with E-state index >= 15 is 0 Å². The van der Waals surface area contributed by atoms with Crippen LogP contribution >= 0.6 is 0 Å². The lowest BCUT2D eigenvalue weighted by Crippen LogP contribution is -2.39. The van der Waals surface area contributed by atoms with Crippen molar-refractivity contribution in [1.29, 1.82) is 0 Å². The zero-order chi connectivity index (χ0) is 9.56. The zero-order valence-electron chi connectivity index (χ0n) is 6.78. The van der Waals surface area contributed by atoms with Gasteiger partial charge in [0, 0.05) is 6.92 Å². The molecule has 0 saturated carbocycles.